The van der Waals surface area contributed by atoms with Crippen LogP contribution >= 0.6 is 0 Å². The summed E-state index contributed by atoms with van der Waals surface area (Å²) in [5.41, 5.74) is 4.90. The molecule has 16 heavy (non-hydrogen) atoms. The van der Waals surface area contributed by atoms with Crippen molar-refractivity contribution in [3.05, 3.63) is 0 Å². The number of rotatable bonds is 4. The van der Waals surface area contributed by atoms with E-state index in [1.165, 1.54) is 0 Å². The van der Waals surface area contributed by atoms with Gasteiger partial charge in [0.15, 0.2) is 0 Å². The quantitative estimate of drug-likeness (QED) is 0.513. The third kappa shape index (κ3) is 4.06. The van der Waals surface area contributed by atoms with Gasteiger partial charge in [-0.2, -0.15) is 0 Å². The largest absolute Gasteiger partial charge is 0.393 e. The molecular formula is C10H19N3O3. The van der Waals surface area contributed by atoms with Gasteiger partial charge in [0.25, 0.3) is 0 Å². The fourth-order valence-corrected chi connectivity index (χ4v) is 1.91. The van der Waals surface area contributed by atoms with Crippen molar-refractivity contribution < 1.29 is 14.7 Å². The lowest BCUT2D eigenvalue weighted by Crippen LogP contribution is -2.47. The zero-order valence-electron chi connectivity index (χ0n) is 9.40. The number of urea groups is 1. The van der Waals surface area contributed by atoms with Gasteiger partial charge in [0.2, 0.25) is 5.91 Å². The first-order valence-electron chi connectivity index (χ1n) is 5.50. The van der Waals surface area contributed by atoms with Gasteiger partial charge in [-0.25, -0.2) is 4.79 Å². The number of aliphatic hydroxyl groups is 1. The van der Waals surface area contributed by atoms with Gasteiger partial charge in [0.1, 0.15) is 6.04 Å². The van der Waals surface area contributed by atoms with E-state index in [-0.39, 0.29) is 12.0 Å². The van der Waals surface area contributed by atoms with E-state index in [1.807, 2.05) is 0 Å². The van der Waals surface area contributed by atoms with Crippen molar-refractivity contribution in [2.75, 3.05) is 6.54 Å². The second-order valence-corrected chi connectivity index (χ2v) is 4.31. The molecule has 0 heterocycles. The third-order valence-corrected chi connectivity index (χ3v) is 2.83. The lowest BCUT2D eigenvalue weighted by molar-refractivity contribution is -0.122. The molecule has 1 saturated carbocycles. The molecule has 0 aromatic rings. The summed E-state index contributed by atoms with van der Waals surface area (Å²) in [6.07, 6.45) is 2.23. The molecule has 6 nitrogen and oxygen atoms in total. The highest BCUT2D eigenvalue weighted by atomic mass is 16.3. The van der Waals surface area contributed by atoms with Crippen LogP contribution in [0.4, 0.5) is 4.79 Å². The third-order valence-electron chi connectivity index (χ3n) is 2.83. The minimum absolute atomic E-state index is 0.233. The Bertz CT molecular complexity index is 270. The summed E-state index contributed by atoms with van der Waals surface area (Å²) in [5, 5.41) is 14.3. The predicted octanol–water partition coefficient (Wildman–Crippen LogP) is -0.680. The minimum atomic E-state index is -0.709. The number of nitrogens with two attached hydrogens (primary N) is 1. The summed E-state index contributed by atoms with van der Waals surface area (Å²) < 4.78 is 0. The molecule has 0 radical (unpaired) electrons. The molecular weight excluding hydrogens is 210 g/mol. The first-order chi connectivity index (χ1) is 7.49. The van der Waals surface area contributed by atoms with Crippen LogP contribution in [0, 0.1) is 5.92 Å². The molecule has 0 spiro atoms. The number of carbonyl (C=O) groups excluding carboxylic acids is 2. The SMILES string of the molecule is CC(NC(N)=O)C(=O)NCC1CCC(O)C1. The lowest BCUT2D eigenvalue weighted by Gasteiger charge is -2.15. The number of hydrogen-bond acceptors (Lipinski definition) is 3. The van der Waals surface area contributed by atoms with Crippen molar-refractivity contribution in [1.82, 2.24) is 10.6 Å². The van der Waals surface area contributed by atoms with E-state index in [9.17, 15) is 14.7 Å². The first kappa shape index (κ1) is 12.8. The second kappa shape index (κ2) is 5.69. The topological polar surface area (TPSA) is 104 Å². The molecule has 0 aromatic carbocycles. The molecule has 1 fully saturated rings. The Kier molecular flexibility index (Phi) is 4.54. The average Bonchev–Trinajstić information content (AvgIpc) is 2.59. The molecule has 5 N–H and O–H groups in total. The number of nitrogens with one attached hydrogen (secondary N) is 2. The van der Waals surface area contributed by atoms with E-state index < -0.39 is 12.1 Å². The molecule has 3 atom stereocenters. The molecule has 0 saturated heterocycles. The molecule has 92 valence electrons. The average molecular weight is 229 g/mol. The Morgan fingerprint density at radius 1 is 1.50 bits per heavy atom. The number of primary amides is 1. The van der Waals surface area contributed by atoms with E-state index in [0.29, 0.717) is 12.5 Å². The van der Waals surface area contributed by atoms with Crippen LogP contribution in [0.25, 0.3) is 0 Å². The standard InChI is InChI=1S/C10H19N3O3/c1-6(13-10(11)16)9(15)12-5-7-2-3-8(14)4-7/h6-8,14H,2-5H2,1H3,(H,12,15)(H3,11,13,16). The number of hydrogen-bond donors (Lipinski definition) is 4. The van der Waals surface area contributed by atoms with E-state index in [1.54, 1.807) is 6.92 Å². The summed E-state index contributed by atoms with van der Waals surface area (Å²) in [4.78, 5) is 22.0. The molecule has 3 unspecified atom stereocenters. The molecule has 0 aliphatic heterocycles. The highest BCUT2D eigenvalue weighted by Gasteiger charge is 2.23. The van der Waals surface area contributed by atoms with E-state index in [0.717, 1.165) is 19.3 Å². The molecule has 0 aromatic heterocycles. The maximum Gasteiger partial charge on any atom is 0.312 e. The molecule has 6 heteroatoms. The van der Waals surface area contributed by atoms with Gasteiger partial charge in [-0.15, -0.1) is 0 Å². The van der Waals surface area contributed by atoms with Gasteiger partial charge < -0.3 is 21.5 Å². The van der Waals surface area contributed by atoms with Crippen LogP contribution in [0.5, 0.6) is 0 Å². The molecule has 1 aliphatic carbocycles. The zero-order chi connectivity index (χ0) is 12.1. The fraction of sp³-hybridized carbons (Fsp3) is 0.800. The van der Waals surface area contributed by atoms with Gasteiger partial charge in [-0.05, 0) is 32.1 Å². The lowest BCUT2D eigenvalue weighted by atomic mass is 10.1. The highest BCUT2D eigenvalue weighted by molar-refractivity contribution is 5.86. The van der Waals surface area contributed by atoms with Crippen molar-refractivity contribution >= 4 is 11.9 Å². The van der Waals surface area contributed by atoms with Gasteiger partial charge in [0.05, 0.1) is 6.10 Å². The van der Waals surface area contributed by atoms with Gasteiger partial charge >= 0.3 is 6.03 Å². The Morgan fingerprint density at radius 2 is 2.19 bits per heavy atom. The van der Waals surface area contributed by atoms with E-state index >= 15 is 0 Å². The summed E-state index contributed by atoms with van der Waals surface area (Å²) in [6.45, 7) is 2.12. The Balaban J connectivity index is 2.21. The fourth-order valence-electron chi connectivity index (χ4n) is 1.91. The van der Waals surface area contributed by atoms with Gasteiger partial charge in [-0.3, -0.25) is 4.79 Å². The monoisotopic (exact) mass is 229 g/mol. The number of carbonyl (C=O) groups is 2. The zero-order valence-corrected chi connectivity index (χ0v) is 9.40. The Hall–Kier alpha value is -1.30. The maximum atomic E-state index is 11.5. The number of amides is 3. The Morgan fingerprint density at radius 3 is 2.69 bits per heavy atom. The van der Waals surface area contributed by atoms with Crippen molar-refractivity contribution in [1.29, 1.82) is 0 Å². The predicted molar refractivity (Wildman–Crippen MR) is 58.5 cm³/mol. The van der Waals surface area contributed by atoms with Crippen molar-refractivity contribution in [3.63, 3.8) is 0 Å². The van der Waals surface area contributed by atoms with Gasteiger partial charge in [0, 0.05) is 6.54 Å². The van der Waals surface area contributed by atoms with Crippen LogP contribution in [-0.2, 0) is 4.79 Å². The van der Waals surface area contributed by atoms with E-state index in [4.69, 9.17) is 5.73 Å². The van der Waals surface area contributed by atoms with Crippen LogP contribution in [-0.4, -0.2) is 35.7 Å². The highest BCUT2D eigenvalue weighted by Crippen LogP contribution is 2.24. The maximum absolute atomic E-state index is 11.5. The first-order valence-corrected chi connectivity index (χ1v) is 5.50. The normalized spacial score (nSPS) is 26.1. The molecule has 3 amide bonds. The van der Waals surface area contributed by atoms with Crippen LogP contribution in [0.1, 0.15) is 26.2 Å². The minimum Gasteiger partial charge on any atom is -0.393 e. The summed E-state index contributed by atoms with van der Waals surface area (Å²) in [6, 6.07) is -1.33. The van der Waals surface area contributed by atoms with Crippen LogP contribution < -0.4 is 16.4 Å². The smallest absolute Gasteiger partial charge is 0.312 e. The van der Waals surface area contributed by atoms with E-state index in [2.05, 4.69) is 10.6 Å². The van der Waals surface area contributed by atoms with Crippen LogP contribution in [0.15, 0.2) is 0 Å². The molecule has 1 rings (SSSR count). The summed E-state index contributed by atoms with van der Waals surface area (Å²) in [7, 11) is 0. The number of aliphatic hydroxyl groups excluding tert-OH is 1. The second-order valence-electron chi connectivity index (χ2n) is 4.31. The van der Waals surface area contributed by atoms with Crippen LogP contribution in [0.2, 0.25) is 0 Å². The van der Waals surface area contributed by atoms with Crippen molar-refractivity contribution in [2.24, 2.45) is 11.7 Å². The van der Waals surface area contributed by atoms with Crippen molar-refractivity contribution in [2.45, 2.75) is 38.3 Å². The Labute approximate surface area is 94.6 Å². The van der Waals surface area contributed by atoms with Gasteiger partial charge in [-0.1, -0.05) is 0 Å². The van der Waals surface area contributed by atoms with Crippen LogP contribution in [0.3, 0.4) is 0 Å². The van der Waals surface area contributed by atoms with Crippen molar-refractivity contribution in [3.8, 4) is 0 Å². The molecule has 1 aliphatic rings. The molecule has 0 bridgehead atoms. The summed E-state index contributed by atoms with van der Waals surface area (Å²) in [5.74, 6) is 0.0833. The summed E-state index contributed by atoms with van der Waals surface area (Å²) >= 11 is 0.